The van der Waals surface area contributed by atoms with E-state index in [1.807, 2.05) is 0 Å². The second kappa shape index (κ2) is 6.36. The van der Waals surface area contributed by atoms with E-state index < -0.39 is 0 Å². The third kappa shape index (κ3) is 3.12. The molecule has 0 spiro atoms. The van der Waals surface area contributed by atoms with Crippen LogP contribution in [0.4, 0.5) is 0 Å². The fraction of sp³-hybridized carbons (Fsp3) is 0.647. The Labute approximate surface area is 126 Å². The number of halogens is 1. The smallest absolute Gasteiger partial charge is 0.125 e. The van der Waals surface area contributed by atoms with E-state index in [9.17, 15) is 0 Å². The lowest BCUT2D eigenvalue weighted by Gasteiger charge is -2.30. The highest BCUT2D eigenvalue weighted by molar-refractivity contribution is 6.30. The first-order chi connectivity index (χ1) is 9.76. The van der Waals surface area contributed by atoms with Crippen molar-refractivity contribution >= 4 is 11.6 Å². The van der Waals surface area contributed by atoms with E-state index in [1.165, 1.54) is 36.8 Å². The van der Waals surface area contributed by atoms with Gasteiger partial charge in [0.25, 0.3) is 0 Å². The van der Waals surface area contributed by atoms with Crippen molar-refractivity contribution in [3.8, 4) is 5.75 Å². The van der Waals surface area contributed by atoms with Crippen LogP contribution in [0, 0.1) is 5.92 Å². The number of rotatable bonds is 4. The lowest BCUT2D eigenvalue weighted by Crippen LogP contribution is -2.34. The first-order valence-electron chi connectivity index (χ1n) is 7.93. The minimum atomic E-state index is 0.701. The summed E-state index contributed by atoms with van der Waals surface area (Å²) in [5, 5.41) is 4.47. The van der Waals surface area contributed by atoms with Gasteiger partial charge in [-0.05, 0) is 55.0 Å². The average Bonchev–Trinajstić information content (AvgIpc) is 2.87. The molecule has 0 aromatic heterocycles. The van der Waals surface area contributed by atoms with Gasteiger partial charge in [0, 0.05) is 17.5 Å². The third-order valence-electron chi connectivity index (χ3n) is 4.61. The molecule has 0 bridgehead atoms. The van der Waals surface area contributed by atoms with E-state index in [0.29, 0.717) is 6.04 Å². The first-order valence-corrected chi connectivity index (χ1v) is 8.31. The lowest BCUT2D eigenvalue weighted by atomic mass is 9.81. The molecule has 20 heavy (non-hydrogen) atoms. The largest absolute Gasteiger partial charge is 0.493 e. The Hall–Kier alpha value is -0.730. The maximum absolute atomic E-state index is 6.26. The van der Waals surface area contributed by atoms with Crippen LogP contribution in [0.3, 0.4) is 0 Å². The molecule has 1 heterocycles. The lowest BCUT2D eigenvalue weighted by molar-refractivity contribution is 0.283. The van der Waals surface area contributed by atoms with Crippen molar-refractivity contribution in [3.63, 3.8) is 0 Å². The topological polar surface area (TPSA) is 21.3 Å². The van der Waals surface area contributed by atoms with E-state index in [1.54, 1.807) is 0 Å². The standard InChI is InChI=1S/C17H24ClNO/c1-2-19-16-5-3-4-12(9-16)8-14-11-15(18)10-13-6-7-20-17(13)14/h10-12,16,19H,2-9H2,1H3. The summed E-state index contributed by atoms with van der Waals surface area (Å²) >= 11 is 6.26. The summed E-state index contributed by atoms with van der Waals surface area (Å²) in [6.07, 6.45) is 7.41. The number of nitrogens with one attached hydrogen (secondary N) is 1. The molecule has 2 atom stereocenters. The Morgan fingerprint density at radius 2 is 2.25 bits per heavy atom. The van der Waals surface area contributed by atoms with Crippen LogP contribution in [-0.2, 0) is 12.8 Å². The molecule has 3 rings (SSSR count). The van der Waals surface area contributed by atoms with Crippen molar-refractivity contribution in [3.05, 3.63) is 28.3 Å². The van der Waals surface area contributed by atoms with Gasteiger partial charge >= 0.3 is 0 Å². The normalized spacial score (nSPS) is 25.3. The summed E-state index contributed by atoms with van der Waals surface area (Å²) in [4.78, 5) is 0. The van der Waals surface area contributed by atoms with Gasteiger partial charge in [0.2, 0.25) is 0 Å². The third-order valence-corrected chi connectivity index (χ3v) is 4.83. The van der Waals surface area contributed by atoms with Crippen molar-refractivity contribution in [1.82, 2.24) is 5.32 Å². The fourth-order valence-electron chi connectivity index (χ4n) is 3.76. The zero-order valence-electron chi connectivity index (χ0n) is 12.3. The van der Waals surface area contributed by atoms with Crippen LogP contribution in [0.25, 0.3) is 0 Å². The highest BCUT2D eigenvalue weighted by Crippen LogP contribution is 2.36. The average molecular weight is 294 g/mol. The Balaban J connectivity index is 1.71. The molecule has 2 nitrogen and oxygen atoms in total. The van der Waals surface area contributed by atoms with Gasteiger partial charge in [-0.3, -0.25) is 0 Å². The van der Waals surface area contributed by atoms with E-state index in [4.69, 9.17) is 16.3 Å². The van der Waals surface area contributed by atoms with E-state index in [2.05, 4.69) is 24.4 Å². The van der Waals surface area contributed by atoms with Crippen molar-refractivity contribution in [2.24, 2.45) is 5.92 Å². The molecule has 1 aliphatic heterocycles. The molecule has 1 saturated carbocycles. The van der Waals surface area contributed by atoms with Crippen LogP contribution in [-0.4, -0.2) is 19.2 Å². The fourth-order valence-corrected chi connectivity index (χ4v) is 4.02. The maximum atomic E-state index is 6.26. The van der Waals surface area contributed by atoms with Gasteiger partial charge in [-0.1, -0.05) is 31.4 Å². The molecular weight excluding hydrogens is 270 g/mol. The summed E-state index contributed by atoms with van der Waals surface area (Å²) in [5.74, 6) is 1.89. The summed E-state index contributed by atoms with van der Waals surface area (Å²) in [5.41, 5.74) is 2.62. The van der Waals surface area contributed by atoms with E-state index in [-0.39, 0.29) is 0 Å². The van der Waals surface area contributed by atoms with Gasteiger partial charge < -0.3 is 10.1 Å². The predicted molar refractivity (Wildman–Crippen MR) is 83.8 cm³/mol. The molecule has 1 aromatic carbocycles. The van der Waals surface area contributed by atoms with Crippen molar-refractivity contribution in [2.75, 3.05) is 13.2 Å². The first kappa shape index (κ1) is 14.2. The molecule has 1 aliphatic carbocycles. The van der Waals surface area contributed by atoms with Crippen LogP contribution >= 0.6 is 11.6 Å². The van der Waals surface area contributed by atoms with Gasteiger partial charge in [0.1, 0.15) is 5.75 Å². The molecule has 0 radical (unpaired) electrons. The molecule has 0 saturated heterocycles. The summed E-state index contributed by atoms with van der Waals surface area (Å²) < 4.78 is 5.83. The Kier molecular flexibility index (Phi) is 4.52. The number of ether oxygens (including phenoxy) is 1. The van der Waals surface area contributed by atoms with Crippen LogP contribution in [0.5, 0.6) is 5.75 Å². The highest BCUT2D eigenvalue weighted by atomic mass is 35.5. The molecule has 3 heteroatoms. The Bertz CT molecular complexity index is 472. The SMILES string of the molecule is CCNC1CCCC(Cc2cc(Cl)cc3c2OCC3)C1. The highest BCUT2D eigenvalue weighted by Gasteiger charge is 2.24. The van der Waals surface area contributed by atoms with Crippen LogP contribution < -0.4 is 10.1 Å². The van der Waals surface area contributed by atoms with E-state index >= 15 is 0 Å². The van der Waals surface area contributed by atoms with Gasteiger partial charge in [-0.25, -0.2) is 0 Å². The summed E-state index contributed by atoms with van der Waals surface area (Å²) in [6.45, 7) is 4.09. The molecule has 1 fully saturated rings. The number of fused-ring (bicyclic) bond motifs is 1. The van der Waals surface area contributed by atoms with Crippen molar-refractivity contribution in [2.45, 2.75) is 51.5 Å². The molecule has 1 aromatic rings. The predicted octanol–water partition coefficient (Wildman–Crippen LogP) is 3.99. The van der Waals surface area contributed by atoms with Crippen molar-refractivity contribution < 1.29 is 4.74 Å². The van der Waals surface area contributed by atoms with Gasteiger partial charge in [-0.15, -0.1) is 0 Å². The maximum Gasteiger partial charge on any atom is 0.125 e. The van der Waals surface area contributed by atoms with E-state index in [0.717, 1.165) is 42.7 Å². The van der Waals surface area contributed by atoms with Crippen LogP contribution in [0.1, 0.15) is 43.7 Å². The zero-order valence-corrected chi connectivity index (χ0v) is 13.0. The second-order valence-corrected chi connectivity index (χ2v) is 6.58. The number of hydrogen-bond donors (Lipinski definition) is 1. The van der Waals surface area contributed by atoms with Gasteiger partial charge in [0.15, 0.2) is 0 Å². The minimum absolute atomic E-state index is 0.701. The van der Waals surface area contributed by atoms with Crippen molar-refractivity contribution in [1.29, 1.82) is 0 Å². The zero-order chi connectivity index (χ0) is 13.9. The molecule has 2 aliphatic rings. The second-order valence-electron chi connectivity index (χ2n) is 6.14. The Morgan fingerprint density at radius 1 is 1.35 bits per heavy atom. The molecule has 110 valence electrons. The molecule has 1 N–H and O–H groups in total. The molecule has 0 amide bonds. The van der Waals surface area contributed by atoms with Crippen LogP contribution in [0.2, 0.25) is 5.02 Å². The van der Waals surface area contributed by atoms with Crippen LogP contribution in [0.15, 0.2) is 12.1 Å². The monoisotopic (exact) mass is 293 g/mol. The van der Waals surface area contributed by atoms with Gasteiger partial charge in [-0.2, -0.15) is 0 Å². The summed E-state index contributed by atoms with van der Waals surface area (Å²) in [6, 6.07) is 4.88. The number of hydrogen-bond acceptors (Lipinski definition) is 2. The Morgan fingerprint density at radius 3 is 3.10 bits per heavy atom. The molecule has 2 unspecified atom stereocenters. The number of benzene rings is 1. The quantitative estimate of drug-likeness (QED) is 0.906. The molecular formula is C17H24ClNO. The summed E-state index contributed by atoms with van der Waals surface area (Å²) in [7, 11) is 0. The minimum Gasteiger partial charge on any atom is -0.493 e. The van der Waals surface area contributed by atoms with Gasteiger partial charge in [0.05, 0.1) is 6.61 Å².